The number of hydrogen-bond acceptors (Lipinski definition) is 0. The van der Waals surface area contributed by atoms with Gasteiger partial charge in [-0.25, -0.2) is 0 Å². The Morgan fingerprint density at radius 3 is 2.56 bits per heavy atom. The number of hydrogen-bond donors (Lipinski definition) is 0. The van der Waals surface area contributed by atoms with E-state index >= 15 is 0 Å². The molecule has 1 spiro atoms. The lowest BCUT2D eigenvalue weighted by molar-refractivity contribution is 0.298. The van der Waals surface area contributed by atoms with E-state index < -0.39 is 0 Å². The zero-order valence-electron chi connectivity index (χ0n) is 11.6. The Bertz CT molecular complexity index is 378. The lowest BCUT2D eigenvalue weighted by atomic mass is 9.84. The van der Waals surface area contributed by atoms with Crippen LogP contribution in [0.15, 0.2) is 30.3 Å². The molecule has 0 aliphatic heterocycles. The average molecular weight is 257 g/mol. The average Bonchev–Trinajstić information content (AvgIpc) is 3.02. The molecule has 1 heteroatoms. The zero-order valence-corrected chi connectivity index (χ0v) is 12.6. The molecule has 3 rings (SSSR count). The zero-order chi connectivity index (χ0) is 12.4. The lowest BCUT2D eigenvalue weighted by Crippen LogP contribution is -2.28. The summed E-state index contributed by atoms with van der Waals surface area (Å²) in [6.45, 7) is 2.51. The molecule has 0 aromatic heterocycles. The van der Waals surface area contributed by atoms with E-state index in [1.165, 1.54) is 25.3 Å². The quantitative estimate of drug-likeness (QED) is 0.705. The van der Waals surface area contributed by atoms with Crippen molar-refractivity contribution in [3.8, 4) is 0 Å². The first kappa shape index (κ1) is 12.5. The predicted molar refractivity (Wildman–Crippen MR) is 80.7 cm³/mol. The molecule has 0 N–H and O–H groups in total. The lowest BCUT2D eigenvalue weighted by Gasteiger charge is -2.23. The Morgan fingerprint density at radius 2 is 1.83 bits per heavy atom. The van der Waals surface area contributed by atoms with Crippen LogP contribution in [0, 0.1) is 11.3 Å². The van der Waals surface area contributed by atoms with Gasteiger partial charge in [-0.2, -0.15) is 0 Å². The SMILES string of the molecule is C[Si](CC1CCC2(CCCC2)C1)c1ccccc1. The molecule has 2 aliphatic carbocycles. The highest BCUT2D eigenvalue weighted by Crippen LogP contribution is 2.53. The molecule has 1 radical (unpaired) electrons. The summed E-state index contributed by atoms with van der Waals surface area (Å²) in [4.78, 5) is 0. The summed E-state index contributed by atoms with van der Waals surface area (Å²) in [6, 6.07) is 12.7. The molecule has 1 atom stereocenters. The van der Waals surface area contributed by atoms with Gasteiger partial charge in [0.25, 0.3) is 0 Å². The van der Waals surface area contributed by atoms with Crippen LogP contribution in [-0.4, -0.2) is 8.80 Å². The molecule has 0 heterocycles. The van der Waals surface area contributed by atoms with E-state index in [4.69, 9.17) is 0 Å². The molecule has 0 saturated heterocycles. The van der Waals surface area contributed by atoms with Gasteiger partial charge in [-0.15, -0.1) is 0 Å². The second-order valence-electron chi connectivity index (χ2n) is 6.67. The minimum absolute atomic E-state index is 0.295. The first-order chi connectivity index (χ1) is 8.77. The van der Waals surface area contributed by atoms with E-state index in [-0.39, 0.29) is 8.80 Å². The third-order valence-corrected chi connectivity index (χ3v) is 7.84. The molecule has 1 unspecified atom stereocenters. The van der Waals surface area contributed by atoms with Crippen molar-refractivity contribution in [2.75, 3.05) is 0 Å². The summed E-state index contributed by atoms with van der Waals surface area (Å²) < 4.78 is 0. The fourth-order valence-corrected chi connectivity index (χ4v) is 6.57. The Morgan fingerprint density at radius 1 is 1.11 bits per heavy atom. The summed E-state index contributed by atoms with van der Waals surface area (Å²) in [7, 11) is -0.295. The van der Waals surface area contributed by atoms with Crippen molar-refractivity contribution in [3.05, 3.63) is 30.3 Å². The first-order valence-corrected chi connectivity index (χ1v) is 9.86. The van der Waals surface area contributed by atoms with Crippen molar-refractivity contribution in [2.45, 2.75) is 57.5 Å². The smallest absolute Gasteiger partial charge is 0.0669 e. The van der Waals surface area contributed by atoms with E-state index in [0.717, 1.165) is 11.3 Å². The second kappa shape index (κ2) is 5.20. The topological polar surface area (TPSA) is 0 Å². The van der Waals surface area contributed by atoms with Gasteiger partial charge in [-0.05, 0) is 37.0 Å². The van der Waals surface area contributed by atoms with Gasteiger partial charge in [0.15, 0.2) is 0 Å². The molecule has 1 aromatic carbocycles. The van der Waals surface area contributed by atoms with E-state index in [0.29, 0.717) is 0 Å². The summed E-state index contributed by atoms with van der Waals surface area (Å²) in [5.41, 5.74) is 0.809. The van der Waals surface area contributed by atoms with Crippen LogP contribution in [0.4, 0.5) is 0 Å². The maximum absolute atomic E-state index is 2.51. The van der Waals surface area contributed by atoms with Gasteiger partial charge in [0.2, 0.25) is 0 Å². The van der Waals surface area contributed by atoms with Crippen LogP contribution >= 0.6 is 0 Å². The highest BCUT2D eigenvalue weighted by molar-refractivity contribution is 6.72. The normalized spacial score (nSPS) is 26.2. The molecule has 2 aliphatic rings. The number of benzene rings is 1. The van der Waals surface area contributed by atoms with Gasteiger partial charge < -0.3 is 0 Å². The van der Waals surface area contributed by atoms with Crippen molar-refractivity contribution < 1.29 is 0 Å². The van der Waals surface area contributed by atoms with Crippen molar-refractivity contribution in [1.82, 2.24) is 0 Å². The fraction of sp³-hybridized carbons (Fsp3) is 0.647. The van der Waals surface area contributed by atoms with Crippen LogP contribution in [-0.2, 0) is 0 Å². The van der Waals surface area contributed by atoms with E-state index in [2.05, 4.69) is 36.9 Å². The summed E-state index contributed by atoms with van der Waals surface area (Å²) in [5.74, 6) is 1.04. The molecule has 97 valence electrons. The Hall–Kier alpha value is -0.563. The fourth-order valence-electron chi connectivity index (χ4n) is 4.35. The van der Waals surface area contributed by atoms with Crippen molar-refractivity contribution >= 4 is 14.0 Å². The van der Waals surface area contributed by atoms with Gasteiger partial charge in [0, 0.05) is 0 Å². The third-order valence-electron chi connectivity index (χ3n) is 5.33. The summed E-state index contributed by atoms with van der Waals surface area (Å²) in [6.07, 6.45) is 10.7. The van der Waals surface area contributed by atoms with Gasteiger partial charge >= 0.3 is 0 Å². The molecule has 2 fully saturated rings. The van der Waals surface area contributed by atoms with Gasteiger partial charge in [-0.3, -0.25) is 0 Å². The maximum Gasteiger partial charge on any atom is 0.0826 e. The number of rotatable bonds is 3. The monoisotopic (exact) mass is 257 g/mol. The van der Waals surface area contributed by atoms with Crippen molar-refractivity contribution in [1.29, 1.82) is 0 Å². The molecule has 2 saturated carbocycles. The molecule has 0 nitrogen and oxygen atoms in total. The largest absolute Gasteiger partial charge is 0.0826 e. The van der Waals surface area contributed by atoms with E-state index in [9.17, 15) is 0 Å². The van der Waals surface area contributed by atoms with E-state index in [1.807, 2.05) is 0 Å². The standard InChI is InChI=1S/C17H25Si/c1-18(16-7-3-2-4-8-16)14-15-9-12-17(13-15)10-5-6-11-17/h2-4,7-8,15H,5-6,9-14H2,1H3. The molecule has 0 bridgehead atoms. The highest BCUT2D eigenvalue weighted by atomic mass is 28.3. The molecular weight excluding hydrogens is 232 g/mol. The summed E-state index contributed by atoms with van der Waals surface area (Å²) >= 11 is 0. The van der Waals surface area contributed by atoms with Crippen LogP contribution in [0.5, 0.6) is 0 Å². The van der Waals surface area contributed by atoms with Crippen LogP contribution < -0.4 is 5.19 Å². The van der Waals surface area contributed by atoms with Gasteiger partial charge in [0.05, 0.1) is 8.80 Å². The van der Waals surface area contributed by atoms with Crippen LogP contribution in [0.3, 0.4) is 0 Å². The summed E-state index contributed by atoms with van der Waals surface area (Å²) in [5, 5.41) is 1.63. The molecule has 18 heavy (non-hydrogen) atoms. The minimum Gasteiger partial charge on any atom is -0.0669 e. The third kappa shape index (κ3) is 2.56. The van der Waals surface area contributed by atoms with Crippen LogP contribution in [0.25, 0.3) is 0 Å². The highest BCUT2D eigenvalue weighted by Gasteiger charge is 2.41. The Balaban J connectivity index is 1.58. The molecule has 1 aromatic rings. The predicted octanol–water partition coefficient (Wildman–Crippen LogP) is 4.38. The van der Waals surface area contributed by atoms with Gasteiger partial charge in [0.1, 0.15) is 0 Å². The van der Waals surface area contributed by atoms with Crippen molar-refractivity contribution in [3.63, 3.8) is 0 Å². The maximum atomic E-state index is 2.51. The minimum atomic E-state index is -0.295. The van der Waals surface area contributed by atoms with Crippen LogP contribution in [0.2, 0.25) is 12.6 Å². The Kier molecular flexibility index (Phi) is 3.60. The second-order valence-corrected chi connectivity index (χ2v) is 9.21. The first-order valence-electron chi connectivity index (χ1n) is 7.65. The van der Waals surface area contributed by atoms with E-state index in [1.54, 1.807) is 30.9 Å². The molecule has 0 amide bonds. The van der Waals surface area contributed by atoms with Crippen LogP contribution in [0.1, 0.15) is 44.9 Å². The molecular formula is C17H25Si. The van der Waals surface area contributed by atoms with Gasteiger partial charge in [-0.1, -0.05) is 67.4 Å². The Labute approximate surface area is 113 Å². The van der Waals surface area contributed by atoms with Crippen molar-refractivity contribution in [2.24, 2.45) is 11.3 Å².